The number of sulfonamides is 1. The molecule has 0 amide bonds. The molecule has 0 atom stereocenters. The van der Waals surface area contributed by atoms with Gasteiger partial charge in [0.2, 0.25) is 10.0 Å². The van der Waals surface area contributed by atoms with Crippen LogP contribution in [0.1, 0.15) is 0 Å². The van der Waals surface area contributed by atoms with Gasteiger partial charge in [0.05, 0.1) is 28.8 Å². The third-order valence-electron chi connectivity index (χ3n) is 2.73. The molecule has 1 aliphatic rings. The smallest absolute Gasteiger partial charge is 0.243 e. The summed E-state index contributed by atoms with van der Waals surface area (Å²) in [7, 11) is -1.91. The number of nitrogens with zero attached hydrogens (tertiary/aromatic N) is 1. The molecule has 0 bridgehead atoms. The van der Waals surface area contributed by atoms with Crippen molar-refractivity contribution in [3.63, 3.8) is 0 Å². The molecular formula is C11H14INO4S. The second kappa shape index (κ2) is 5.72. The molecule has 7 heteroatoms. The number of morpholine rings is 1. The van der Waals surface area contributed by atoms with Crippen molar-refractivity contribution in [2.75, 3.05) is 33.4 Å². The molecule has 100 valence electrons. The van der Waals surface area contributed by atoms with E-state index in [-0.39, 0.29) is 4.90 Å². The molecule has 1 heterocycles. The van der Waals surface area contributed by atoms with Crippen LogP contribution >= 0.6 is 22.6 Å². The summed E-state index contributed by atoms with van der Waals surface area (Å²) in [5, 5.41) is 0. The Morgan fingerprint density at radius 3 is 2.61 bits per heavy atom. The molecule has 0 unspecified atom stereocenters. The molecule has 0 aliphatic carbocycles. The van der Waals surface area contributed by atoms with Crippen molar-refractivity contribution in [2.45, 2.75) is 4.90 Å². The first-order chi connectivity index (χ1) is 8.55. The molecule has 0 radical (unpaired) electrons. The standard InChI is InChI=1S/C11H14INO4S/c1-16-11-8-9(2-3-10(11)12)18(14,15)13-4-6-17-7-5-13/h2-3,8H,4-7H2,1H3. The molecule has 0 N–H and O–H groups in total. The minimum Gasteiger partial charge on any atom is -0.496 e. The molecule has 18 heavy (non-hydrogen) atoms. The average molecular weight is 383 g/mol. The summed E-state index contributed by atoms with van der Waals surface area (Å²) in [6, 6.07) is 4.91. The largest absolute Gasteiger partial charge is 0.496 e. The number of halogens is 1. The predicted octanol–water partition coefficient (Wildman–Crippen LogP) is 1.32. The normalized spacial score (nSPS) is 17.7. The fourth-order valence-corrected chi connectivity index (χ4v) is 3.72. The zero-order chi connectivity index (χ0) is 13.2. The topological polar surface area (TPSA) is 55.8 Å². The summed E-state index contributed by atoms with van der Waals surface area (Å²) in [6.07, 6.45) is 0. The van der Waals surface area contributed by atoms with Crippen LogP contribution in [0.5, 0.6) is 5.75 Å². The quantitative estimate of drug-likeness (QED) is 0.739. The Bertz CT molecular complexity index is 526. The third-order valence-corrected chi connectivity index (χ3v) is 5.52. The van der Waals surface area contributed by atoms with E-state index in [1.807, 2.05) is 0 Å². The number of rotatable bonds is 3. The Labute approximate surface area is 120 Å². The zero-order valence-electron chi connectivity index (χ0n) is 9.93. The first kappa shape index (κ1) is 14.0. The van der Waals surface area contributed by atoms with E-state index < -0.39 is 10.0 Å². The molecule has 1 saturated heterocycles. The molecule has 1 aromatic carbocycles. The van der Waals surface area contributed by atoms with E-state index in [9.17, 15) is 8.42 Å². The van der Waals surface area contributed by atoms with Crippen LogP contribution in [0.15, 0.2) is 23.1 Å². The van der Waals surface area contributed by atoms with Gasteiger partial charge in [-0.2, -0.15) is 4.31 Å². The summed E-state index contributed by atoms with van der Waals surface area (Å²) >= 11 is 2.11. The monoisotopic (exact) mass is 383 g/mol. The zero-order valence-corrected chi connectivity index (χ0v) is 12.9. The molecular weight excluding hydrogens is 369 g/mol. The van der Waals surface area contributed by atoms with Gasteiger partial charge in [-0.1, -0.05) is 0 Å². The van der Waals surface area contributed by atoms with Crippen molar-refractivity contribution in [3.8, 4) is 5.75 Å². The lowest BCUT2D eigenvalue weighted by molar-refractivity contribution is 0.0730. The average Bonchev–Trinajstić information content (AvgIpc) is 2.40. The van der Waals surface area contributed by atoms with Crippen molar-refractivity contribution >= 4 is 32.6 Å². The summed E-state index contributed by atoms with van der Waals surface area (Å²) in [6.45, 7) is 1.69. The lowest BCUT2D eigenvalue weighted by atomic mass is 10.3. The van der Waals surface area contributed by atoms with E-state index in [0.29, 0.717) is 32.1 Å². The fourth-order valence-electron chi connectivity index (χ4n) is 1.74. The lowest BCUT2D eigenvalue weighted by Gasteiger charge is -2.26. The Morgan fingerprint density at radius 1 is 1.33 bits per heavy atom. The maximum Gasteiger partial charge on any atom is 0.243 e. The van der Waals surface area contributed by atoms with Crippen LogP contribution in [-0.4, -0.2) is 46.1 Å². The number of hydrogen-bond donors (Lipinski definition) is 0. The summed E-state index contributed by atoms with van der Waals surface area (Å²) < 4.78 is 37.4. The summed E-state index contributed by atoms with van der Waals surface area (Å²) in [5.41, 5.74) is 0. The van der Waals surface area contributed by atoms with Gasteiger partial charge < -0.3 is 9.47 Å². The van der Waals surface area contributed by atoms with E-state index in [1.165, 1.54) is 11.4 Å². The number of methoxy groups -OCH3 is 1. The van der Waals surface area contributed by atoms with Crippen molar-refractivity contribution in [3.05, 3.63) is 21.8 Å². The fraction of sp³-hybridized carbons (Fsp3) is 0.455. The van der Waals surface area contributed by atoms with Gasteiger partial charge in [0.15, 0.2) is 0 Å². The molecule has 5 nitrogen and oxygen atoms in total. The number of benzene rings is 1. The van der Waals surface area contributed by atoms with Gasteiger partial charge in [-0.25, -0.2) is 8.42 Å². The van der Waals surface area contributed by atoms with Crippen LogP contribution in [0.4, 0.5) is 0 Å². The van der Waals surface area contributed by atoms with Crippen LogP contribution in [0.3, 0.4) is 0 Å². The van der Waals surface area contributed by atoms with E-state index >= 15 is 0 Å². The minimum atomic E-state index is -3.44. The van der Waals surface area contributed by atoms with Crippen molar-refractivity contribution in [1.29, 1.82) is 0 Å². The second-order valence-electron chi connectivity index (χ2n) is 3.81. The Hall–Kier alpha value is -0.380. The van der Waals surface area contributed by atoms with Gasteiger partial charge in [-0.15, -0.1) is 0 Å². The highest BCUT2D eigenvalue weighted by molar-refractivity contribution is 14.1. The Kier molecular flexibility index (Phi) is 4.46. The number of hydrogen-bond acceptors (Lipinski definition) is 4. The highest BCUT2D eigenvalue weighted by atomic mass is 127. The Balaban J connectivity index is 2.34. The van der Waals surface area contributed by atoms with Crippen LogP contribution < -0.4 is 4.74 Å². The summed E-state index contributed by atoms with van der Waals surface area (Å²) in [4.78, 5) is 0.265. The van der Waals surface area contributed by atoms with Gasteiger partial charge in [0.1, 0.15) is 5.75 Å². The van der Waals surface area contributed by atoms with Crippen LogP contribution in [-0.2, 0) is 14.8 Å². The first-order valence-corrected chi connectivity index (χ1v) is 7.99. The second-order valence-corrected chi connectivity index (χ2v) is 6.91. The van der Waals surface area contributed by atoms with Crippen LogP contribution in [0.25, 0.3) is 0 Å². The highest BCUT2D eigenvalue weighted by Crippen LogP contribution is 2.26. The van der Waals surface area contributed by atoms with Gasteiger partial charge in [-0.3, -0.25) is 0 Å². The number of ether oxygens (including phenoxy) is 2. The maximum absolute atomic E-state index is 12.4. The molecule has 2 rings (SSSR count). The molecule has 1 fully saturated rings. The van der Waals surface area contributed by atoms with Gasteiger partial charge >= 0.3 is 0 Å². The maximum atomic E-state index is 12.4. The first-order valence-electron chi connectivity index (χ1n) is 5.47. The van der Waals surface area contributed by atoms with Gasteiger partial charge in [0, 0.05) is 19.2 Å². The molecule has 1 aliphatic heterocycles. The molecule has 1 aromatic rings. The summed E-state index contributed by atoms with van der Waals surface area (Å²) in [5.74, 6) is 0.574. The van der Waals surface area contributed by atoms with E-state index in [1.54, 1.807) is 18.2 Å². The van der Waals surface area contributed by atoms with Crippen molar-refractivity contribution in [2.24, 2.45) is 0 Å². The van der Waals surface area contributed by atoms with Crippen LogP contribution in [0, 0.1) is 3.57 Å². The highest BCUT2D eigenvalue weighted by Gasteiger charge is 2.26. The molecule has 0 aromatic heterocycles. The third kappa shape index (κ3) is 2.79. The molecule has 0 saturated carbocycles. The SMILES string of the molecule is COc1cc(S(=O)(=O)N2CCOCC2)ccc1I. The van der Waals surface area contributed by atoms with E-state index in [4.69, 9.17) is 9.47 Å². The molecule has 0 spiro atoms. The van der Waals surface area contributed by atoms with Crippen LogP contribution in [0.2, 0.25) is 0 Å². The minimum absolute atomic E-state index is 0.265. The van der Waals surface area contributed by atoms with E-state index in [2.05, 4.69) is 22.6 Å². The van der Waals surface area contributed by atoms with Crippen molar-refractivity contribution < 1.29 is 17.9 Å². The van der Waals surface area contributed by atoms with Crippen molar-refractivity contribution in [1.82, 2.24) is 4.31 Å². The lowest BCUT2D eigenvalue weighted by Crippen LogP contribution is -2.40. The Morgan fingerprint density at radius 2 is 2.00 bits per heavy atom. The predicted molar refractivity (Wildman–Crippen MR) is 75.3 cm³/mol. The van der Waals surface area contributed by atoms with E-state index in [0.717, 1.165) is 3.57 Å². The van der Waals surface area contributed by atoms with Gasteiger partial charge in [-0.05, 0) is 34.7 Å². The van der Waals surface area contributed by atoms with Gasteiger partial charge in [0.25, 0.3) is 0 Å².